The van der Waals surface area contributed by atoms with E-state index in [9.17, 15) is 4.79 Å². The molecule has 1 heterocycles. The van der Waals surface area contributed by atoms with Gasteiger partial charge in [0.15, 0.2) is 0 Å². The van der Waals surface area contributed by atoms with Crippen molar-refractivity contribution in [2.45, 2.75) is 20.3 Å². The van der Waals surface area contributed by atoms with Crippen LogP contribution in [0.15, 0.2) is 58.3 Å². The van der Waals surface area contributed by atoms with E-state index < -0.39 is 0 Å². The summed E-state index contributed by atoms with van der Waals surface area (Å²) in [6.45, 7) is 3.95. The van der Waals surface area contributed by atoms with Gasteiger partial charge in [0, 0.05) is 16.9 Å². The van der Waals surface area contributed by atoms with Gasteiger partial charge in [-0.1, -0.05) is 36.7 Å². The molecule has 122 valence electrons. The Kier molecular flexibility index (Phi) is 4.67. The van der Waals surface area contributed by atoms with Crippen molar-refractivity contribution >= 4 is 23.5 Å². The predicted octanol–water partition coefficient (Wildman–Crippen LogP) is 4.44. The van der Waals surface area contributed by atoms with Gasteiger partial charge < -0.3 is 0 Å². The number of H-pyrrole nitrogens is 1. The average molecular weight is 340 g/mol. The van der Waals surface area contributed by atoms with Gasteiger partial charge in [0.05, 0.1) is 16.9 Å². The molecule has 0 aliphatic rings. The summed E-state index contributed by atoms with van der Waals surface area (Å²) in [6, 6.07) is 15.0. The minimum absolute atomic E-state index is 0.132. The normalized spacial score (nSPS) is 11.3. The fraction of sp³-hybridized carbons (Fsp3) is 0.158. The first kappa shape index (κ1) is 16.3. The number of aromatic nitrogens is 2. The van der Waals surface area contributed by atoms with E-state index in [1.54, 1.807) is 30.5 Å². The maximum Gasteiger partial charge on any atom is 0.280 e. The van der Waals surface area contributed by atoms with Crippen LogP contribution in [0.2, 0.25) is 5.02 Å². The van der Waals surface area contributed by atoms with E-state index in [1.807, 2.05) is 31.2 Å². The van der Waals surface area contributed by atoms with Crippen LogP contribution in [0.4, 0.5) is 5.69 Å². The van der Waals surface area contributed by atoms with Crippen LogP contribution in [0.1, 0.15) is 23.7 Å². The van der Waals surface area contributed by atoms with Crippen molar-refractivity contribution in [2.24, 2.45) is 4.99 Å². The summed E-state index contributed by atoms with van der Waals surface area (Å²) < 4.78 is 1.50. The van der Waals surface area contributed by atoms with Gasteiger partial charge in [-0.3, -0.25) is 14.9 Å². The third-order valence-corrected chi connectivity index (χ3v) is 4.16. The van der Waals surface area contributed by atoms with Crippen LogP contribution in [0.5, 0.6) is 0 Å². The lowest BCUT2D eigenvalue weighted by Gasteiger charge is -2.01. The third kappa shape index (κ3) is 3.19. The number of para-hydroxylation sites is 1. The summed E-state index contributed by atoms with van der Waals surface area (Å²) >= 11 is 5.90. The van der Waals surface area contributed by atoms with Crippen LogP contribution in [-0.4, -0.2) is 16.0 Å². The van der Waals surface area contributed by atoms with Crippen molar-refractivity contribution in [3.05, 3.63) is 80.7 Å². The lowest BCUT2D eigenvalue weighted by Crippen LogP contribution is -2.17. The second-order valence-electron chi connectivity index (χ2n) is 5.51. The molecule has 2 aromatic carbocycles. The Morgan fingerprint density at radius 1 is 1.17 bits per heavy atom. The van der Waals surface area contributed by atoms with Gasteiger partial charge >= 0.3 is 0 Å². The van der Waals surface area contributed by atoms with Crippen LogP contribution in [-0.2, 0) is 6.42 Å². The molecule has 0 aliphatic heterocycles. The van der Waals surface area contributed by atoms with Crippen molar-refractivity contribution in [3.63, 3.8) is 0 Å². The quantitative estimate of drug-likeness (QED) is 0.702. The Morgan fingerprint density at radius 2 is 1.88 bits per heavy atom. The van der Waals surface area contributed by atoms with Gasteiger partial charge in [0.2, 0.25) is 0 Å². The molecule has 0 saturated heterocycles. The van der Waals surface area contributed by atoms with Crippen LogP contribution in [0.25, 0.3) is 5.69 Å². The second kappa shape index (κ2) is 6.89. The number of halogens is 1. The number of aliphatic imine (C=N–C) groups is 1. The van der Waals surface area contributed by atoms with Crippen molar-refractivity contribution in [3.8, 4) is 5.69 Å². The topological polar surface area (TPSA) is 50.1 Å². The minimum atomic E-state index is -0.132. The molecule has 0 saturated carbocycles. The van der Waals surface area contributed by atoms with E-state index in [0.29, 0.717) is 10.6 Å². The number of hydrogen-bond donors (Lipinski definition) is 1. The summed E-state index contributed by atoms with van der Waals surface area (Å²) in [7, 11) is 0. The monoisotopic (exact) mass is 339 g/mol. The van der Waals surface area contributed by atoms with Gasteiger partial charge in [0.25, 0.3) is 5.56 Å². The lowest BCUT2D eigenvalue weighted by molar-refractivity contribution is 0.835. The molecular formula is C19H18ClN3O. The van der Waals surface area contributed by atoms with Crippen LogP contribution < -0.4 is 5.56 Å². The van der Waals surface area contributed by atoms with Crippen LogP contribution in [0, 0.1) is 6.92 Å². The van der Waals surface area contributed by atoms with Gasteiger partial charge in [-0.2, -0.15) is 0 Å². The number of aromatic amines is 1. The van der Waals surface area contributed by atoms with E-state index in [0.717, 1.165) is 29.1 Å². The molecule has 3 aromatic rings. The maximum atomic E-state index is 12.7. The third-order valence-electron chi connectivity index (χ3n) is 3.91. The highest BCUT2D eigenvalue weighted by Gasteiger charge is 2.10. The van der Waals surface area contributed by atoms with Gasteiger partial charge in [0.1, 0.15) is 0 Å². The number of rotatable bonds is 4. The predicted molar refractivity (Wildman–Crippen MR) is 99.2 cm³/mol. The first-order valence-corrected chi connectivity index (χ1v) is 8.17. The summed E-state index contributed by atoms with van der Waals surface area (Å²) in [5, 5.41) is 3.72. The zero-order valence-corrected chi connectivity index (χ0v) is 14.3. The largest absolute Gasteiger partial charge is 0.295 e. The molecule has 0 spiro atoms. The Morgan fingerprint density at radius 3 is 2.58 bits per heavy atom. The lowest BCUT2D eigenvalue weighted by atomic mass is 10.1. The fourth-order valence-electron chi connectivity index (χ4n) is 2.55. The van der Waals surface area contributed by atoms with Crippen molar-refractivity contribution in [2.75, 3.05) is 0 Å². The molecule has 0 radical (unpaired) electrons. The smallest absolute Gasteiger partial charge is 0.280 e. The maximum absolute atomic E-state index is 12.7. The highest BCUT2D eigenvalue weighted by molar-refractivity contribution is 6.30. The zero-order chi connectivity index (χ0) is 17.1. The fourth-order valence-corrected chi connectivity index (χ4v) is 2.68. The first-order chi connectivity index (χ1) is 11.6. The number of hydrogen-bond acceptors (Lipinski definition) is 2. The van der Waals surface area contributed by atoms with Crippen LogP contribution >= 0.6 is 11.6 Å². The Labute approximate surface area is 145 Å². The number of benzene rings is 2. The second-order valence-corrected chi connectivity index (χ2v) is 5.94. The molecular weight excluding hydrogens is 322 g/mol. The van der Waals surface area contributed by atoms with Crippen LogP contribution in [0.3, 0.4) is 0 Å². The molecule has 0 bridgehead atoms. The van der Waals surface area contributed by atoms with E-state index in [1.165, 1.54) is 4.68 Å². The Hall–Kier alpha value is -2.59. The molecule has 1 N–H and O–H groups in total. The van der Waals surface area contributed by atoms with E-state index in [4.69, 9.17) is 11.6 Å². The molecule has 24 heavy (non-hydrogen) atoms. The zero-order valence-electron chi connectivity index (χ0n) is 13.6. The molecule has 3 rings (SSSR count). The minimum Gasteiger partial charge on any atom is -0.295 e. The number of nitrogens with zero attached hydrogens (tertiary/aromatic N) is 2. The molecule has 0 atom stereocenters. The highest BCUT2D eigenvalue weighted by Crippen LogP contribution is 2.19. The molecule has 4 nitrogen and oxygen atoms in total. The molecule has 1 aromatic heterocycles. The summed E-state index contributed by atoms with van der Waals surface area (Å²) in [5.41, 5.74) is 3.97. The van der Waals surface area contributed by atoms with E-state index in [2.05, 4.69) is 17.0 Å². The Bertz CT molecular complexity index is 936. The Balaban J connectivity index is 1.99. The average Bonchev–Trinajstić information content (AvgIpc) is 2.88. The number of nitrogens with one attached hydrogen (secondary N) is 1. The van der Waals surface area contributed by atoms with E-state index >= 15 is 0 Å². The summed E-state index contributed by atoms with van der Waals surface area (Å²) in [4.78, 5) is 17.2. The molecule has 0 fully saturated rings. The highest BCUT2D eigenvalue weighted by atomic mass is 35.5. The SMILES string of the molecule is CCc1ccccc1N=Cc1c(C)[nH]n(-c2ccc(Cl)cc2)c1=O. The first-order valence-electron chi connectivity index (χ1n) is 7.79. The molecule has 0 aliphatic carbocycles. The molecule has 0 amide bonds. The van der Waals surface area contributed by atoms with Crippen molar-refractivity contribution < 1.29 is 0 Å². The molecule has 0 unspecified atom stereocenters. The van der Waals surface area contributed by atoms with Crippen molar-refractivity contribution in [1.29, 1.82) is 0 Å². The summed E-state index contributed by atoms with van der Waals surface area (Å²) in [6.07, 6.45) is 2.53. The van der Waals surface area contributed by atoms with Gasteiger partial charge in [-0.05, 0) is 49.2 Å². The van der Waals surface area contributed by atoms with E-state index in [-0.39, 0.29) is 5.56 Å². The van der Waals surface area contributed by atoms with Gasteiger partial charge in [-0.15, -0.1) is 0 Å². The van der Waals surface area contributed by atoms with Crippen molar-refractivity contribution in [1.82, 2.24) is 9.78 Å². The van der Waals surface area contributed by atoms with Gasteiger partial charge in [-0.25, -0.2) is 4.68 Å². The number of aryl methyl sites for hydroxylation is 2. The summed E-state index contributed by atoms with van der Waals surface area (Å²) in [5.74, 6) is 0. The molecule has 5 heteroatoms. The standard InChI is InChI=1S/C19H18ClN3O/c1-3-14-6-4-5-7-18(14)21-12-17-13(2)22-23(19(17)24)16-10-8-15(20)9-11-16/h4-12,22H,3H2,1-2H3.